The van der Waals surface area contributed by atoms with Crippen LogP contribution in [-0.4, -0.2) is 38.1 Å². The van der Waals surface area contributed by atoms with Gasteiger partial charge in [0.05, 0.1) is 27.8 Å². The number of nitrogens with zero attached hydrogens (tertiary/aromatic N) is 1. The van der Waals surface area contributed by atoms with Crippen LogP contribution >= 0.6 is 22.9 Å². The van der Waals surface area contributed by atoms with Crippen molar-refractivity contribution >= 4 is 60.0 Å². The van der Waals surface area contributed by atoms with Crippen LogP contribution in [0.4, 0.5) is 5.13 Å². The molecule has 10 heteroatoms. The molecule has 7 nitrogen and oxygen atoms in total. The van der Waals surface area contributed by atoms with Crippen molar-refractivity contribution in [3.05, 3.63) is 53.1 Å². The lowest BCUT2D eigenvalue weighted by atomic mass is 10.2. The van der Waals surface area contributed by atoms with E-state index in [1.54, 1.807) is 18.2 Å². The average molecular weight is 425 g/mol. The number of amides is 1. The first-order valence-electron chi connectivity index (χ1n) is 7.55. The third-order valence-corrected chi connectivity index (χ3v) is 6.37. The van der Waals surface area contributed by atoms with Crippen molar-refractivity contribution in [2.24, 2.45) is 0 Å². The molecule has 0 spiro atoms. The van der Waals surface area contributed by atoms with Crippen LogP contribution in [0.5, 0.6) is 0 Å². The maximum Gasteiger partial charge on any atom is 0.337 e. The summed E-state index contributed by atoms with van der Waals surface area (Å²) in [5.74, 6) is -1.92. The normalized spacial score (nSPS) is 11.3. The number of hydrogen-bond acceptors (Lipinski definition) is 7. The number of rotatable bonds is 5. The van der Waals surface area contributed by atoms with Crippen LogP contribution in [-0.2, 0) is 19.4 Å². The number of fused-ring (bicyclic) bond motifs is 1. The number of sulfone groups is 1. The van der Waals surface area contributed by atoms with Gasteiger partial charge in [0.2, 0.25) is 5.91 Å². The van der Waals surface area contributed by atoms with E-state index in [1.807, 2.05) is 0 Å². The minimum atomic E-state index is -3.80. The van der Waals surface area contributed by atoms with Gasteiger partial charge in [-0.15, -0.1) is 0 Å². The summed E-state index contributed by atoms with van der Waals surface area (Å²) in [7, 11) is -2.52. The lowest BCUT2D eigenvalue weighted by Gasteiger charge is -2.04. The maximum atomic E-state index is 12.3. The fourth-order valence-electron chi connectivity index (χ4n) is 2.28. The van der Waals surface area contributed by atoms with Gasteiger partial charge in [0.15, 0.2) is 15.0 Å². The van der Waals surface area contributed by atoms with Gasteiger partial charge in [-0.3, -0.25) is 4.79 Å². The summed E-state index contributed by atoms with van der Waals surface area (Å²) < 4.78 is 29.9. The first kappa shape index (κ1) is 19.3. The second-order valence-corrected chi connectivity index (χ2v) is 8.91. The zero-order chi connectivity index (χ0) is 19.6. The molecule has 1 heterocycles. The van der Waals surface area contributed by atoms with Crippen molar-refractivity contribution in [2.45, 2.75) is 4.90 Å². The predicted molar refractivity (Wildman–Crippen MR) is 103 cm³/mol. The van der Waals surface area contributed by atoms with Gasteiger partial charge in [0.25, 0.3) is 0 Å². The zero-order valence-corrected chi connectivity index (χ0v) is 16.3. The van der Waals surface area contributed by atoms with E-state index in [4.69, 9.17) is 11.6 Å². The van der Waals surface area contributed by atoms with Crippen LogP contribution in [0.15, 0.2) is 47.4 Å². The molecule has 3 rings (SSSR count). The molecule has 1 N–H and O–H groups in total. The monoisotopic (exact) mass is 424 g/mol. The maximum absolute atomic E-state index is 12.3. The van der Waals surface area contributed by atoms with E-state index in [9.17, 15) is 18.0 Å². The summed E-state index contributed by atoms with van der Waals surface area (Å²) >= 11 is 6.87. The molecule has 1 aromatic heterocycles. The Balaban J connectivity index is 1.75. The van der Waals surface area contributed by atoms with Gasteiger partial charge in [-0.1, -0.05) is 22.9 Å². The molecular formula is C17H13ClN2O5S2. The van der Waals surface area contributed by atoms with E-state index in [2.05, 4.69) is 15.0 Å². The van der Waals surface area contributed by atoms with Crippen molar-refractivity contribution < 1.29 is 22.7 Å². The highest BCUT2D eigenvalue weighted by Crippen LogP contribution is 2.27. The fraction of sp³-hybridized carbons (Fsp3) is 0.118. The van der Waals surface area contributed by atoms with Gasteiger partial charge in [-0.2, -0.15) is 0 Å². The number of esters is 1. The topological polar surface area (TPSA) is 102 Å². The lowest BCUT2D eigenvalue weighted by Crippen LogP contribution is -2.22. The summed E-state index contributed by atoms with van der Waals surface area (Å²) in [5.41, 5.74) is 0.931. The second-order valence-electron chi connectivity index (χ2n) is 5.45. The lowest BCUT2D eigenvalue weighted by molar-refractivity contribution is -0.113. The smallest absolute Gasteiger partial charge is 0.337 e. The van der Waals surface area contributed by atoms with Crippen molar-refractivity contribution in [1.29, 1.82) is 0 Å². The highest BCUT2D eigenvalue weighted by Gasteiger charge is 2.20. The number of halogens is 1. The molecule has 2 aromatic carbocycles. The van der Waals surface area contributed by atoms with Crippen LogP contribution in [0.3, 0.4) is 0 Å². The molecule has 0 aliphatic heterocycles. The minimum absolute atomic E-state index is 0.00840. The molecule has 0 atom stereocenters. The molecule has 0 aliphatic rings. The first-order valence-corrected chi connectivity index (χ1v) is 10.4. The summed E-state index contributed by atoms with van der Waals surface area (Å²) in [5, 5.41) is 3.12. The quantitative estimate of drug-likeness (QED) is 0.631. The van der Waals surface area contributed by atoms with Gasteiger partial charge in [-0.25, -0.2) is 18.2 Å². The van der Waals surface area contributed by atoms with Crippen molar-refractivity contribution in [3.63, 3.8) is 0 Å². The van der Waals surface area contributed by atoms with E-state index in [0.717, 1.165) is 11.3 Å². The number of methoxy groups -OCH3 is 1. The van der Waals surface area contributed by atoms with E-state index >= 15 is 0 Å². The van der Waals surface area contributed by atoms with Crippen molar-refractivity contribution in [1.82, 2.24) is 4.98 Å². The van der Waals surface area contributed by atoms with E-state index < -0.39 is 27.5 Å². The van der Waals surface area contributed by atoms with E-state index in [1.165, 1.54) is 31.4 Å². The Morgan fingerprint density at radius 3 is 2.56 bits per heavy atom. The van der Waals surface area contributed by atoms with E-state index in [0.29, 0.717) is 20.8 Å². The number of carbonyl (C=O) groups is 2. The number of aromatic nitrogens is 1. The summed E-state index contributed by atoms with van der Waals surface area (Å²) in [6.45, 7) is 0. The zero-order valence-electron chi connectivity index (χ0n) is 13.9. The van der Waals surface area contributed by atoms with Crippen molar-refractivity contribution in [3.8, 4) is 0 Å². The molecule has 1 amide bonds. The minimum Gasteiger partial charge on any atom is -0.465 e. The van der Waals surface area contributed by atoms with Crippen molar-refractivity contribution in [2.75, 3.05) is 18.2 Å². The van der Waals surface area contributed by atoms with Gasteiger partial charge in [0, 0.05) is 5.02 Å². The Morgan fingerprint density at radius 2 is 1.89 bits per heavy atom. The molecule has 0 fully saturated rings. The standard InChI is InChI=1S/C17H13ClN2O5S2/c1-25-16(22)10-2-7-13-14(8-10)26-17(19-13)20-15(21)9-27(23,24)12-5-3-11(18)4-6-12/h2-8H,9H2,1H3,(H,19,20,21). The van der Waals surface area contributed by atoms with Gasteiger partial charge < -0.3 is 10.1 Å². The molecule has 0 saturated heterocycles. The summed E-state index contributed by atoms with van der Waals surface area (Å²) in [4.78, 5) is 27.9. The highest BCUT2D eigenvalue weighted by molar-refractivity contribution is 7.92. The molecule has 0 bridgehead atoms. The summed E-state index contributed by atoms with van der Waals surface area (Å²) in [6.07, 6.45) is 0. The Labute approximate surface area is 163 Å². The van der Waals surface area contributed by atoms with Crippen LogP contribution < -0.4 is 5.32 Å². The third-order valence-electron chi connectivity index (χ3n) is 3.55. The highest BCUT2D eigenvalue weighted by atomic mass is 35.5. The number of nitrogens with one attached hydrogen (secondary N) is 1. The van der Waals surface area contributed by atoms with Crippen LogP contribution in [0.2, 0.25) is 5.02 Å². The molecule has 0 radical (unpaired) electrons. The van der Waals surface area contributed by atoms with Gasteiger partial charge >= 0.3 is 5.97 Å². The molecule has 0 unspecified atom stereocenters. The Hall–Kier alpha value is -2.49. The third kappa shape index (κ3) is 4.44. The first-order chi connectivity index (χ1) is 12.8. The van der Waals surface area contributed by atoms with Gasteiger partial charge in [-0.05, 0) is 42.5 Å². The predicted octanol–water partition coefficient (Wildman–Crippen LogP) is 3.15. The molecule has 27 heavy (non-hydrogen) atoms. The number of anilines is 1. The molecule has 0 aliphatic carbocycles. The number of thiazole rings is 1. The van der Waals surface area contributed by atoms with E-state index in [-0.39, 0.29) is 10.0 Å². The Bertz CT molecular complexity index is 1120. The number of ether oxygens (including phenoxy) is 1. The average Bonchev–Trinajstić information content (AvgIpc) is 3.01. The Morgan fingerprint density at radius 1 is 1.19 bits per heavy atom. The fourth-order valence-corrected chi connectivity index (χ4v) is 4.46. The Kier molecular flexibility index (Phi) is 5.45. The molecule has 140 valence electrons. The number of benzene rings is 2. The molecule has 3 aromatic rings. The SMILES string of the molecule is COC(=O)c1ccc2nc(NC(=O)CS(=O)(=O)c3ccc(Cl)cc3)sc2c1. The molecular weight excluding hydrogens is 412 g/mol. The number of carbonyl (C=O) groups excluding carboxylic acids is 2. The van der Waals surface area contributed by atoms with Crippen LogP contribution in [0.25, 0.3) is 10.2 Å². The number of hydrogen-bond donors (Lipinski definition) is 1. The van der Waals surface area contributed by atoms with Crippen LogP contribution in [0, 0.1) is 0 Å². The second kappa shape index (κ2) is 7.63. The van der Waals surface area contributed by atoms with Crippen LogP contribution in [0.1, 0.15) is 10.4 Å². The molecule has 0 saturated carbocycles. The largest absolute Gasteiger partial charge is 0.465 e. The van der Waals surface area contributed by atoms with Gasteiger partial charge in [0.1, 0.15) is 5.75 Å². The summed E-state index contributed by atoms with van der Waals surface area (Å²) in [6, 6.07) is 10.4.